The van der Waals surface area contributed by atoms with Crippen LogP contribution in [0.1, 0.15) is 33.5 Å². The molecule has 2 aromatic carbocycles. The van der Waals surface area contributed by atoms with Crippen molar-refractivity contribution in [2.45, 2.75) is 31.9 Å². The second-order valence-electron chi connectivity index (χ2n) is 8.65. The summed E-state index contributed by atoms with van der Waals surface area (Å²) in [5.74, 6) is -0.883. The van der Waals surface area contributed by atoms with E-state index in [2.05, 4.69) is 5.10 Å². The number of halogens is 1. The zero-order chi connectivity index (χ0) is 23.1. The van der Waals surface area contributed by atoms with E-state index in [1.807, 2.05) is 43.6 Å². The Hall–Kier alpha value is -3.23. The number of carbonyl (C=O) groups excluding carboxylic acids is 1. The van der Waals surface area contributed by atoms with E-state index in [4.69, 9.17) is 9.47 Å². The Morgan fingerprint density at radius 2 is 2.03 bits per heavy atom. The Morgan fingerprint density at radius 3 is 2.73 bits per heavy atom. The summed E-state index contributed by atoms with van der Waals surface area (Å²) in [6, 6.07) is 11.1. The third-order valence-electron chi connectivity index (χ3n) is 6.46. The third kappa shape index (κ3) is 4.00. The van der Waals surface area contributed by atoms with E-state index in [1.165, 1.54) is 4.90 Å². The lowest BCUT2D eigenvalue weighted by molar-refractivity contribution is -0.0700. The highest BCUT2D eigenvalue weighted by molar-refractivity contribution is 5.98. The minimum Gasteiger partial charge on any atom is -0.469 e. The van der Waals surface area contributed by atoms with Gasteiger partial charge in [0, 0.05) is 25.4 Å². The van der Waals surface area contributed by atoms with Crippen LogP contribution in [-0.4, -0.2) is 57.8 Å². The van der Waals surface area contributed by atoms with Crippen LogP contribution < -0.4 is 4.74 Å². The van der Waals surface area contributed by atoms with Gasteiger partial charge in [-0.3, -0.25) is 14.4 Å². The van der Waals surface area contributed by atoms with Gasteiger partial charge in [-0.25, -0.2) is 4.39 Å². The summed E-state index contributed by atoms with van der Waals surface area (Å²) in [5.41, 5.74) is 4.24. The quantitative estimate of drug-likeness (QED) is 0.660. The van der Waals surface area contributed by atoms with Gasteiger partial charge in [0.1, 0.15) is 0 Å². The van der Waals surface area contributed by atoms with Crippen molar-refractivity contribution in [2.75, 3.05) is 19.9 Å². The molecule has 0 radical (unpaired) electrons. The van der Waals surface area contributed by atoms with E-state index < -0.39 is 18.0 Å². The minimum absolute atomic E-state index is 0.0192. The molecule has 3 heterocycles. The Morgan fingerprint density at radius 1 is 1.24 bits per heavy atom. The first kappa shape index (κ1) is 21.6. The number of aliphatic hydroxyl groups is 1. The van der Waals surface area contributed by atoms with Gasteiger partial charge in [0.2, 0.25) is 0 Å². The van der Waals surface area contributed by atoms with Gasteiger partial charge in [-0.2, -0.15) is 5.10 Å². The van der Waals surface area contributed by atoms with Gasteiger partial charge in [-0.05, 0) is 48.6 Å². The molecule has 1 amide bonds. The first-order valence-corrected chi connectivity index (χ1v) is 11.0. The molecule has 33 heavy (non-hydrogen) atoms. The van der Waals surface area contributed by atoms with Gasteiger partial charge >= 0.3 is 0 Å². The molecule has 0 aliphatic carbocycles. The maximum absolute atomic E-state index is 15.2. The van der Waals surface area contributed by atoms with E-state index >= 15 is 4.39 Å². The fraction of sp³-hybridized carbons (Fsp3) is 0.360. The number of hydrogen-bond donors (Lipinski definition) is 1. The average molecular weight is 451 g/mol. The molecule has 1 N–H and O–H groups in total. The number of aryl methyl sites for hydroxylation is 1. The molecule has 2 atom stereocenters. The van der Waals surface area contributed by atoms with Crippen molar-refractivity contribution in [1.29, 1.82) is 0 Å². The summed E-state index contributed by atoms with van der Waals surface area (Å²) in [6.45, 7) is 2.28. The largest absolute Gasteiger partial charge is 0.469 e. The van der Waals surface area contributed by atoms with Crippen LogP contribution in [0.2, 0.25) is 0 Å². The molecular weight excluding hydrogens is 425 g/mol. The van der Waals surface area contributed by atoms with Crippen LogP contribution in [0.15, 0.2) is 42.6 Å². The standard InChI is InChI=1S/C25H26FN3O4/c1-15-18(11-16-3-5-17(6-4-16)20-7-9-28(2)27-20)12-19-24(23(15)26)33-14-29(25(19)31)21-13-32-10-8-22(21)30/h3-7,9,12,21-22,30H,8,10-11,13-14H2,1-2H3/t21-,22-/m0/s1. The third-order valence-corrected chi connectivity index (χ3v) is 6.46. The maximum Gasteiger partial charge on any atom is 0.260 e. The van der Waals surface area contributed by atoms with E-state index in [1.54, 1.807) is 17.7 Å². The van der Waals surface area contributed by atoms with Crippen LogP contribution >= 0.6 is 0 Å². The van der Waals surface area contributed by atoms with Gasteiger partial charge in [-0.15, -0.1) is 0 Å². The van der Waals surface area contributed by atoms with Crippen LogP contribution in [0.4, 0.5) is 4.39 Å². The van der Waals surface area contributed by atoms with Gasteiger partial charge in [0.05, 0.1) is 30.0 Å². The maximum atomic E-state index is 15.2. The number of rotatable bonds is 4. The van der Waals surface area contributed by atoms with E-state index in [0.717, 1.165) is 22.4 Å². The predicted octanol–water partition coefficient (Wildman–Crippen LogP) is 3.07. The highest BCUT2D eigenvalue weighted by Crippen LogP contribution is 2.35. The number of amides is 1. The first-order chi connectivity index (χ1) is 15.9. The fourth-order valence-corrected chi connectivity index (χ4v) is 4.45. The molecule has 2 aliphatic rings. The van der Waals surface area contributed by atoms with Crippen molar-refractivity contribution in [2.24, 2.45) is 7.05 Å². The molecule has 0 saturated carbocycles. The summed E-state index contributed by atoms with van der Waals surface area (Å²) in [6.07, 6.45) is 2.12. The molecule has 1 aromatic heterocycles. The predicted molar refractivity (Wildman–Crippen MR) is 119 cm³/mol. The number of hydrogen-bond acceptors (Lipinski definition) is 5. The number of fused-ring (bicyclic) bond motifs is 1. The van der Waals surface area contributed by atoms with Gasteiger partial charge in [-0.1, -0.05) is 24.3 Å². The Balaban J connectivity index is 1.42. The van der Waals surface area contributed by atoms with Crippen molar-refractivity contribution >= 4 is 5.91 Å². The molecule has 0 bridgehead atoms. The second kappa shape index (κ2) is 8.61. The smallest absolute Gasteiger partial charge is 0.260 e. The molecule has 172 valence electrons. The molecule has 0 unspecified atom stereocenters. The van der Waals surface area contributed by atoms with Crippen molar-refractivity contribution in [3.05, 3.63) is 70.7 Å². The number of aromatic nitrogens is 2. The average Bonchev–Trinajstić information content (AvgIpc) is 3.25. The van der Waals surface area contributed by atoms with Crippen molar-refractivity contribution < 1.29 is 23.8 Å². The van der Waals surface area contributed by atoms with E-state index in [-0.39, 0.29) is 30.6 Å². The highest BCUT2D eigenvalue weighted by Gasteiger charge is 2.38. The first-order valence-electron chi connectivity index (χ1n) is 11.0. The molecule has 3 aromatic rings. The molecule has 1 fully saturated rings. The lowest BCUT2D eigenvalue weighted by Crippen LogP contribution is -2.55. The van der Waals surface area contributed by atoms with Crippen LogP contribution in [-0.2, 0) is 18.2 Å². The van der Waals surface area contributed by atoms with Gasteiger partial charge in [0.25, 0.3) is 5.91 Å². The number of carbonyl (C=O) groups is 1. The molecule has 7 nitrogen and oxygen atoms in total. The molecule has 5 rings (SSSR count). The fourth-order valence-electron chi connectivity index (χ4n) is 4.45. The van der Waals surface area contributed by atoms with E-state index in [9.17, 15) is 9.90 Å². The monoisotopic (exact) mass is 451 g/mol. The molecule has 1 saturated heterocycles. The lowest BCUT2D eigenvalue weighted by atomic mass is 9.94. The topological polar surface area (TPSA) is 76.8 Å². The summed E-state index contributed by atoms with van der Waals surface area (Å²) in [7, 11) is 1.87. The van der Waals surface area contributed by atoms with Crippen LogP contribution in [0.25, 0.3) is 11.3 Å². The molecule has 8 heteroatoms. The number of aliphatic hydroxyl groups excluding tert-OH is 1. The van der Waals surface area contributed by atoms with Crippen molar-refractivity contribution in [3.63, 3.8) is 0 Å². The molecule has 0 spiro atoms. The zero-order valence-corrected chi connectivity index (χ0v) is 18.6. The summed E-state index contributed by atoms with van der Waals surface area (Å²) in [4.78, 5) is 14.7. The molecule has 2 aliphatic heterocycles. The summed E-state index contributed by atoms with van der Waals surface area (Å²) in [5, 5.41) is 14.7. The Kier molecular flexibility index (Phi) is 5.64. The van der Waals surface area contributed by atoms with Crippen molar-refractivity contribution in [3.8, 4) is 17.0 Å². The minimum atomic E-state index is -0.694. The van der Waals surface area contributed by atoms with Crippen LogP contribution in [0, 0.1) is 12.7 Å². The SMILES string of the molecule is Cc1c(Cc2ccc(-c3ccn(C)n3)cc2)cc2c(c1F)OCN([C@H]1COCC[C@@H]1O)C2=O. The Bertz CT molecular complexity index is 1190. The summed E-state index contributed by atoms with van der Waals surface area (Å²) < 4.78 is 28.0. The van der Waals surface area contributed by atoms with Crippen LogP contribution in [0.3, 0.4) is 0 Å². The Labute approximate surface area is 191 Å². The van der Waals surface area contributed by atoms with E-state index in [0.29, 0.717) is 25.0 Å². The van der Waals surface area contributed by atoms with Crippen LogP contribution in [0.5, 0.6) is 5.75 Å². The summed E-state index contributed by atoms with van der Waals surface area (Å²) >= 11 is 0. The van der Waals surface area contributed by atoms with Gasteiger partial charge < -0.3 is 14.6 Å². The van der Waals surface area contributed by atoms with Gasteiger partial charge in [0.15, 0.2) is 18.3 Å². The second-order valence-corrected chi connectivity index (χ2v) is 8.65. The molecular formula is C25H26FN3O4. The van der Waals surface area contributed by atoms with Crippen molar-refractivity contribution in [1.82, 2.24) is 14.7 Å². The number of nitrogens with zero attached hydrogens (tertiary/aromatic N) is 3. The highest BCUT2D eigenvalue weighted by atomic mass is 19.1. The zero-order valence-electron chi connectivity index (χ0n) is 18.6. The number of ether oxygens (including phenoxy) is 2. The normalized spacial score (nSPS) is 20.5. The lowest BCUT2D eigenvalue weighted by Gasteiger charge is -2.39. The number of benzene rings is 2.